The van der Waals surface area contributed by atoms with Crippen molar-refractivity contribution < 1.29 is 9.66 Å². The van der Waals surface area contributed by atoms with Crippen LogP contribution in [0.1, 0.15) is 5.56 Å². The molecule has 0 spiro atoms. The van der Waals surface area contributed by atoms with E-state index in [1.165, 1.54) is 28.0 Å². The van der Waals surface area contributed by atoms with E-state index in [1.807, 2.05) is 4.90 Å². The van der Waals surface area contributed by atoms with E-state index in [0.717, 1.165) is 0 Å². The van der Waals surface area contributed by atoms with Crippen LogP contribution in [0.15, 0.2) is 29.4 Å². The van der Waals surface area contributed by atoms with Crippen LogP contribution in [0.5, 0.6) is 0 Å². The van der Waals surface area contributed by atoms with Gasteiger partial charge in [0.25, 0.3) is 5.69 Å². The predicted molar refractivity (Wildman–Crippen MR) is 104 cm³/mol. The Morgan fingerprint density at radius 3 is 2.70 bits per heavy atom. The molecule has 1 aromatic carbocycles. The molecule has 2 N–H and O–H groups in total. The number of benzene rings is 1. The number of hydrogen-bond acceptors (Lipinski definition) is 9. The van der Waals surface area contributed by atoms with Crippen molar-refractivity contribution in [3.63, 3.8) is 0 Å². The van der Waals surface area contributed by atoms with Gasteiger partial charge in [-0.3, -0.25) is 10.1 Å². The van der Waals surface area contributed by atoms with E-state index in [9.17, 15) is 10.1 Å². The van der Waals surface area contributed by atoms with Crippen molar-refractivity contribution in [1.82, 2.24) is 19.8 Å². The number of ether oxygens (including phenoxy) is 1. The molecule has 3 rings (SSSR count). The van der Waals surface area contributed by atoms with Crippen LogP contribution in [0.4, 0.5) is 17.6 Å². The zero-order valence-electron chi connectivity index (χ0n) is 14.6. The van der Waals surface area contributed by atoms with Crippen molar-refractivity contribution in [2.45, 2.75) is 0 Å². The standard InChI is InChI=1S/C15H18N8O3S/c1-20(17-10-11-2-4-12(5-3-11)23(24)25)15(27)22-13(16)18-14(19-22)21-6-8-26-9-7-21/h2-5,10H,6-9H2,1H3,(H2,16,18,19)/b17-10+. The number of nitrogens with zero attached hydrogens (tertiary/aromatic N) is 7. The Labute approximate surface area is 160 Å². The summed E-state index contributed by atoms with van der Waals surface area (Å²) in [6.07, 6.45) is 1.53. The number of nitrogen functional groups attached to an aromatic ring is 1. The molecule has 0 amide bonds. The quantitative estimate of drug-likeness (QED) is 0.347. The highest BCUT2D eigenvalue weighted by atomic mass is 32.1. The SMILES string of the molecule is CN(/N=C/c1ccc([N+](=O)[O-])cc1)C(=S)n1nc(N2CCOCC2)nc1N. The first kappa shape index (κ1) is 18.7. The summed E-state index contributed by atoms with van der Waals surface area (Å²) in [7, 11) is 1.65. The summed E-state index contributed by atoms with van der Waals surface area (Å²) in [6.45, 7) is 2.59. The molecule has 2 heterocycles. The van der Waals surface area contributed by atoms with Crippen LogP contribution in [0, 0.1) is 10.1 Å². The Balaban J connectivity index is 1.69. The average Bonchev–Trinajstić information content (AvgIpc) is 3.08. The smallest absolute Gasteiger partial charge is 0.269 e. The molecule has 2 aromatic rings. The summed E-state index contributed by atoms with van der Waals surface area (Å²) < 4.78 is 6.65. The topological polar surface area (TPSA) is 128 Å². The molecule has 1 aliphatic rings. The van der Waals surface area contributed by atoms with Gasteiger partial charge in [0.15, 0.2) is 0 Å². The van der Waals surface area contributed by atoms with E-state index in [0.29, 0.717) is 37.8 Å². The molecule has 0 bridgehead atoms. The number of nitro benzene ring substituents is 1. The first-order valence-corrected chi connectivity index (χ1v) is 8.48. The Hall–Kier alpha value is -3.12. The lowest BCUT2D eigenvalue weighted by atomic mass is 10.2. The second-order valence-corrected chi connectivity index (χ2v) is 6.05. The molecule has 1 aliphatic heterocycles. The number of morpholine rings is 1. The largest absolute Gasteiger partial charge is 0.378 e. The maximum Gasteiger partial charge on any atom is 0.269 e. The summed E-state index contributed by atoms with van der Waals surface area (Å²) in [5, 5.41) is 20.9. The molecule has 0 atom stereocenters. The molecule has 1 aromatic heterocycles. The van der Waals surface area contributed by atoms with E-state index in [1.54, 1.807) is 19.2 Å². The molecule has 0 aliphatic carbocycles. The summed E-state index contributed by atoms with van der Waals surface area (Å²) in [5.74, 6) is 0.657. The minimum atomic E-state index is -0.457. The lowest BCUT2D eigenvalue weighted by Crippen LogP contribution is -2.37. The zero-order chi connectivity index (χ0) is 19.4. The molecular weight excluding hydrogens is 372 g/mol. The van der Waals surface area contributed by atoms with Crippen LogP contribution in [0.2, 0.25) is 0 Å². The summed E-state index contributed by atoms with van der Waals surface area (Å²) in [6, 6.07) is 6.01. The van der Waals surface area contributed by atoms with Gasteiger partial charge < -0.3 is 15.4 Å². The lowest BCUT2D eigenvalue weighted by Gasteiger charge is -2.25. The molecule has 0 unspecified atom stereocenters. The number of nitro groups is 1. The first-order chi connectivity index (χ1) is 13.0. The van der Waals surface area contributed by atoms with Gasteiger partial charge in [0, 0.05) is 32.3 Å². The van der Waals surface area contributed by atoms with Gasteiger partial charge in [-0.1, -0.05) is 0 Å². The first-order valence-electron chi connectivity index (χ1n) is 8.07. The van der Waals surface area contributed by atoms with Crippen LogP contribution in [0.25, 0.3) is 0 Å². The summed E-state index contributed by atoms with van der Waals surface area (Å²) in [4.78, 5) is 16.4. The Bertz CT molecular complexity index is 860. The van der Waals surface area contributed by atoms with Crippen molar-refractivity contribution >= 4 is 41.1 Å². The zero-order valence-corrected chi connectivity index (χ0v) is 15.4. The molecule has 0 saturated carbocycles. The second-order valence-electron chi connectivity index (χ2n) is 5.68. The van der Waals surface area contributed by atoms with Gasteiger partial charge in [-0.05, 0) is 29.9 Å². The van der Waals surface area contributed by atoms with Crippen LogP contribution in [-0.2, 0) is 4.74 Å². The van der Waals surface area contributed by atoms with E-state index in [-0.39, 0.29) is 16.7 Å². The minimum absolute atomic E-state index is 0.0158. The van der Waals surface area contributed by atoms with Crippen LogP contribution >= 0.6 is 12.2 Å². The van der Waals surface area contributed by atoms with Crippen molar-refractivity contribution in [2.75, 3.05) is 44.0 Å². The minimum Gasteiger partial charge on any atom is -0.378 e. The fraction of sp³-hybridized carbons (Fsp3) is 0.333. The normalized spacial score (nSPS) is 14.5. The van der Waals surface area contributed by atoms with Crippen molar-refractivity contribution in [3.8, 4) is 0 Å². The third-order valence-electron chi connectivity index (χ3n) is 3.86. The van der Waals surface area contributed by atoms with Crippen LogP contribution < -0.4 is 10.6 Å². The summed E-state index contributed by atoms with van der Waals surface area (Å²) >= 11 is 5.38. The predicted octanol–water partition coefficient (Wildman–Crippen LogP) is 0.704. The number of thiocarbonyl (C=S) groups is 1. The lowest BCUT2D eigenvalue weighted by molar-refractivity contribution is -0.384. The number of anilines is 2. The fourth-order valence-electron chi connectivity index (χ4n) is 2.37. The number of aromatic nitrogens is 3. The van der Waals surface area contributed by atoms with E-state index < -0.39 is 4.92 Å². The third-order valence-corrected chi connectivity index (χ3v) is 4.29. The molecule has 27 heavy (non-hydrogen) atoms. The molecule has 11 nitrogen and oxygen atoms in total. The van der Waals surface area contributed by atoms with E-state index in [2.05, 4.69) is 15.2 Å². The number of rotatable bonds is 4. The Kier molecular flexibility index (Phi) is 5.57. The monoisotopic (exact) mass is 390 g/mol. The maximum absolute atomic E-state index is 10.7. The third kappa shape index (κ3) is 4.35. The van der Waals surface area contributed by atoms with Gasteiger partial charge in [-0.15, -0.1) is 5.10 Å². The maximum atomic E-state index is 10.7. The van der Waals surface area contributed by atoms with Gasteiger partial charge in [-0.2, -0.15) is 14.8 Å². The van der Waals surface area contributed by atoms with Crippen LogP contribution in [-0.4, -0.2) is 69.4 Å². The average molecular weight is 390 g/mol. The number of non-ortho nitro benzene ring substituents is 1. The van der Waals surface area contributed by atoms with Crippen LogP contribution in [0.3, 0.4) is 0 Å². The Morgan fingerprint density at radius 2 is 2.07 bits per heavy atom. The number of nitrogens with two attached hydrogens (primary N) is 1. The second kappa shape index (κ2) is 8.05. The van der Waals surface area contributed by atoms with E-state index in [4.69, 9.17) is 22.7 Å². The van der Waals surface area contributed by atoms with Crippen molar-refractivity contribution in [2.24, 2.45) is 5.10 Å². The van der Waals surface area contributed by atoms with Gasteiger partial charge in [0.05, 0.1) is 24.4 Å². The van der Waals surface area contributed by atoms with Gasteiger partial charge >= 0.3 is 0 Å². The van der Waals surface area contributed by atoms with Gasteiger partial charge in [0.2, 0.25) is 17.0 Å². The molecule has 1 fully saturated rings. The highest BCUT2D eigenvalue weighted by Gasteiger charge is 2.20. The molecule has 12 heteroatoms. The highest BCUT2D eigenvalue weighted by molar-refractivity contribution is 7.80. The molecule has 0 radical (unpaired) electrons. The fourth-order valence-corrected chi connectivity index (χ4v) is 2.55. The summed E-state index contributed by atoms with van der Waals surface area (Å²) in [5.41, 5.74) is 6.65. The van der Waals surface area contributed by atoms with Gasteiger partial charge in [-0.25, -0.2) is 5.01 Å². The number of hydrogen-bond donors (Lipinski definition) is 1. The van der Waals surface area contributed by atoms with Gasteiger partial charge in [0.1, 0.15) is 0 Å². The molecule has 142 valence electrons. The number of hydrazone groups is 1. The van der Waals surface area contributed by atoms with Crippen molar-refractivity contribution in [1.29, 1.82) is 0 Å². The Morgan fingerprint density at radius 1 is 1.41 bits per heavy atom. The van der Waals surface area contributed by atoms with E-state index >= 15 is 0 Å². The molecule has 1 saturated heterocycles. The molecular formula is C15H18N8O3S. The van der Waals surface area contributed by atoms with Crippen molar-refractivity contribution in [3.05, 3.63) is 39.9 Å². The highest BCUT2D eigenvalue weighted by Crippen LogP contribution is 2.14.